The van der Waals surface area contributed by atoms with E-state index in [1.165, 1.54) is 5.56 Å². The molecule has 2 heterocycles. The van der Waals surface area contributed by atoms with Gasteiger partial charge in [-0.15, -0.1) is 0 Å². The van der Waals surface area contributed by atoms with E-state index in [1.54, 1.807) is 0 Å². The van der Waals surface area contributed by atoms with E-state index in [-0.39, 0.29) is 0 Å². The largest absolute Gasteiger partial charge is 0.464 e. The minimum absolute atomic E-state index is 0.768. The highest BCUT2D eigenvalue weighted by atomic mass is 16.3. The number of rotatable bonds is 8. The van der Waals surface area contributed by atoms with Crippen LogP contribution in [0.5, 0.6) is 0 Å². The first kappa shape index (κ1) is 14.9. The molecule has 4 nitrogen and oxygen atoms in total. The Labute approximate surface area is 121 Å². The van der Waals surface area contributed by atoms with Gasteiger partial charge in [0.1, 0.15) is 17.3 Å². The Kier molecular flexibility index (Phi) is 5.41. The zero-order chi connectivity index (χ0) is 14.4. The summed E-state index contributed by atoms with van der Waals surface area (Å²) >= 11 is 0. The molecular weight excluding hydrogens is 250 g/mol. The lowest BCUT2D eigenvalue weighted by Gasteiger charge is -2.04. The van der Waals surface area contributed by atoms with Crippen LogP contribution in [0.4, 0.5) is 0 Å². The van der Waals surface area contributed by atoms with Gasteiger partial charge in [-0.3, -0.25) is 0 Å². The Hall–Kier alpha value is -1.55. The highest BCUT2D eigenvalue weighted by Gasteiger charge is 2.09. The van der Waals surface area contributed by atoms with Crippen molar-refractivity contribution in [1.29, 1.82) is 0 Å². The van der Waals surface area contributed by atoms with Gasteiger partial charge in [0.15, 0.2) is 0 Å². The molecule has 0 fully saturated rings. The summed E-state index contributed by atoms with van der Waals surface area (Å²) in [5, 5.41) is 3.42. The third-order valence-electron chi connectivity index (χ3n) is 3.42. The van der Waals surface area contributed by atoms with E-state index in [4.69, 9.17) is 4.42 Å². The summed E-state index contributed by atoms with van der Waals surface area (Å²) in [6.07, 6.45) is 7.17. The van der Waals surface area contributed by atoms with Crippen molar-refractivity contribution in [2.75, 3.05) is 6.54 Å². The van der Waals surface area contributed by atoms with Crippen LogP contribution < -0.4 is 5.32 Å². The average Bonchev–Trinajstić information content (AvgIpc) is 2.99. The Morgan fingerprint density at radius 1 is 1.30 bits per heavy atom. The lowest BCUT2D eigenvalue weighted by atomic mass is 10.2. The molecule has 2 aromatic heterocycles. The Morgan fingerprint density at radius 2 is 2.15 bits per heavy atom. The van der Waals surface area contributed by atoms with Gasteiger partial charge < -0.3 is 14.3 Å². The first-order valence-electron chi connectivity index (χ1n) is 7.53. The summed E-state index contributed by atoms with van der Waals surface area (Å²) in [6.45, 7) is 9.08. The molecule has 4 heteroatoms. The van der Waals surface area contributed by atoms with Crippen molar-refractivity contribution in [3.05, 3.63) is 41.4 Å². The molecule has 0 atom stereocenters. The predicted octanol–water partition coefficient (Wildman–Crippen LogP) is 3.28. The van der Waals surface area contributed by atoms with Crippen molar-refractivity contribution < 1.29 is 4.42 Å². The van der Waals surface area contributed by atoms with Gasteiger partial charge in [-0.25, -0.2) is 4.98 Å². The van der Waals surface area contributed by atoms with Gasteiger partial charge in [-0.2, -0.15) is 0 Å². The van der Waals surface area contributed by atoms with Crippen LogP contribution in [0.25, 0.3) is 0 Å². The molecule has 0 amide bonds. The molecule has 110 valence electrons. The van der Waals surface area contributed by atoms with E-state index in [2.05, 4.69) is 34.8 Å². The number of nitrogens with zero attached hydrogens (tertiary/aromatic N) is 2. The summed E-state index contributed by atoms with van der Waals surface area (Å²) in [6, 6.07) is 2.16. The van der Waals surface area contributed by atoms with E-state index in [9.17, 15) is 0 Å². The molecule has 0 aliphatic heterocycles. The topological polar surface area (TPSA) is 43.0 Å². The zero-order valence-electron chi connectivity index (χ0n) is 12.8. The van der Waals surface area contributed by atoms with Crippen LogP contribution in [0, 0.1) is 6.92 Å². The standard InChI is InChI=1S/C16H25N3O/c1-4-6-16-18-8-9-19(16)12-15-10-14(13(3)20-15)11-17-7-5-2/h8-10,17H,4-7,11-12H2,1-3H3. The number of aromatic nitrogens is 2. The van der Waals surface area contributed by atoms with Crippen molar-refractivity contribution in [3.8, 4) is 0 Å². The molecule has 2 rings (SSSR count). The normalized spacial score (nSPS) is 11.2. The summed E-state index contributed by atoms with van der Waals surface area (Å²) in [5.74, 6) is 3.15. The van der Waals surface area contributed by atoms with Crippen molar-refractivity contribution in [2.24, 2.45) is 0 Å². The molecular formula is C16H25N3O. The van der Waals surface area contributed by atoms with E-state index < -0.39 is 0 Å². The Bertz CT molecular complexity index is 528. The van der Waals surface area contributed by atoms with Gasteiger partial charge >= 0.3 is 0 Å². The molecule has 2 aromatic rings. The fourth-order valence-corrected chi connectivity index (χ4v) is 2.34. The lowest BCUT2D eigenvalue weighted by molar-refractivity contribution is 0.462. The minimum atomic E-state index is 0.768. The second-order valence-electron chi connectivity index (χ2n) is 5.19. The SMILES string of the molecule is CCCNCc1cc(Cn2ccnc2CCC)oc1C. The van der Waals surface area contributed by atoms with E-state index in [0.717, 1.165) is 56.2 Å². The van der Waals surface area contributed by atoms with E-state index in [1.807, 2.05) is 19.3 Å². The number of nitrogens with one attached hydrogen (secondary N) is 1. The quantitative estimate of drug-likeness (QED) is 0.752. The van der Waals surface area contributed by atoms with Crippen LogP contribution in [0.3, 0.4) is 0 Å². The zero-order valence-corrected chi connectivity index (χ0v) is 12.8. The minimum Gasteiger partial charge on any atom is -0.464 e. The second kappa shape index (κ2) is 7.29. The average molecular weight is 275 g/mol. The Morgan fingerprint density at radius 3 is 2.90 bits per heavy atom. The highest BCUT2D eigenvalue weighted by molar-refractivity contribution is 5.21. The third kappa shape index (κ3) is 3.73. The summed E-state index contributed by atoms with van der Waals surface area (Å²) in [7, 11) is 0. The van der Waals surface area contributed by atoms with Gasteiger partial charge in [0.25, 0.3) is 0 Å². The number of hydrogen-bond acceptors (Lipinski definition) is 3. The maximum atomic E-state index is 5.86. The summed E-state index contributed by atoms with van der Waals surface area (Å²) in [4.78, 5) is 4.40. The van der Waals surface area contributed by atoms with Gasteiger partial charge in [-0.05, 0) is 32.4 Å². The molecule has 0 saturated carbocycles. The monoisotopic (exact) mass is 275 g/mol. The van der Waals surface area contributed by atoms with Crippen LogP contribution in [0.1, 0.15) is 49.6 Å². The van der Waals surface area contributed by atoms with Crippen LogP contribution in [-0.2, 0) is 19.5 Å². The summed E-state index contributed by atoms with van der Waals surface area (Å²) in [5.41, 5.74) is 1.26. The maximum Gasteiger partial charge on any atom is 0.124 e. The number of imidazole rings is 1. The summed E-state index contributed by atoms with van der Waals surface area (Å²) < 4.78 is 8.03. The van der Waals surface area contributed by atoms with Crippen molar-refractivity contribution in [3.63, 3.8) is 0 Å². The van der Waals surface area contributed by atoms with Crippen LogP contribution in [0.15, 0.2) is 22.9 Å². The molecule has 20 heavy (non-hydrogen) atoms. The molecule has 0 aromatic carbocycles. The highest BCUT2D eigenvalue weighted by Crippen LogP contribution is 2.16. The van der Waals surface area contributed by atoms with E-state index in [0.29, 0.717) is 0 Å². The molecule has 0 spiro atoms. The lowest BCUT2D eigenvalue weighted by Crippen LogP contribution is -2.13. The maximum absolute atomic E-state index is 5.86. The number of furan rings is 1. The Balaban J connectivity index is 2.02. The van der Waals surface area contributed by atoms with Gasteiger partial charge in [0, 0.05) is 30.9 Å². The van der Waals surface area contributed by atoms with Crippen molar-refractivity contribution in [1.82, 2.24) is 14.9 Å². The molecule has 1 N–H and O–H groups in total. The molecule has 0 unspecified atom stereocenters. The second-order valence-corrected chi connectivity index (χ2v) is 5.19. The van der Waals surface area contributed by atoms with Gasteiger partial charge in [0.05, 0.1) is 6.54 Å². The van der Waals surface area contributed by atoms with Crippen molar-refractivity contribution >= 4 is 0 Å². The fraction of sp³-hybridized carbons (Fsp3) is 0.562. The van der Waals surface area contributed by atoms with E-state index >= 15 is 0 Å². The smallest absolute Gasteiger partial charge is 0.124 e. The van der Waals surface area contributed by atoms with Crippen molar-refractivity contribution in [2.45, 2.75) is 53.1 Å². The number of hydrogen-bond donors (Lipinski definition) is 1. The molecule has 0 bridgehead atoms. The van der Waals surface area contributed by atoms with Gasteiger partial charge in [0.2, 0.25) is 0 Å². The van der Waals surface area contributed by atoms with Gasteiger partial charge in [-0.1, -0.05) is 13.8 Å². The number of aryl methyl sites for hydroxylation is 2. The van der Waals surface area contributed by atoms with Crippen LogP contribution >= 0.6 is 0 Å². The first-order valence-corrected chi connectivity index (χ1v) is 7.53. The molecule has 0 aliphatic carbocycles. The fourth-order valence-electron chi connectivity index (χ4n) is 2.34. The molecule has 0 saturated heterocycles. The molecule has 0 radical (unpaired) electrons. The third-order valence-corrected chi connectivity index (χ3v) is 3.42. The predicted molar refractivity (Wildman–Crippen MR) is 80.8 cm³/mol. The molecule has 0 aliphatic rings. The van der Waals surface area contributed by atoms with Crippen LogP contribution in [0.2, 0.25) is 0 Å². The van der Waals surface area contributed by atoms with Crippen LogP contribution in [-0.4, -0.2) is 16.1 Å². The first-order chi connectivity index (χ1) is 9.74.